The molecule has 0 fully saturated rings. The van der Waals surface area contributed by atoms with Crippen LogP contribution in [0.1, 0.15) is 16.0 Å². The van der Waals surface area contributed by atoms with Crippen molar-refractivity contribution < 1.29 is 0 Å². The second-order valence-electron chi connectivity index (χ2n) is 5.23. The number of thiophene rings is 1. The normalized spacial score (nSPS) is 13.6. The minimum atomic E-state index is 0.612. The molecule has 0 unspecified atom stereocenters. The molecule has 3 aromatic rings. The van der Waals surface area contributed by atoms with E-state index >= 15 is 0 Å². The van der Waals surface area contributed by atoms with Gasteiger partial charge in [0.05, 0.1) is 12.1 Å². The van der Waals surface area contributed by atoms with Gasteiger partial charge in [-0.1, -0.05) is 0 Å². The maximum absolute atomic E-state index is 9.22. The third-order valence-electron chi connectivity index (χ3n) is 3.93. The maximum Gasteiger partial charge on any atom is 0.143 e. The van der Waals surface area contributed by atoms with Gasteiger partial charge in [-0.3, -0.25) is 4.57 Å². The Balaban J connectivity index is 1.65. The molecule has 0 aromatic carbocycles. The number of nitrogens with two attached hydrogens (primary N) is 1. The van der Waals surface area contributed by atoms with Crippen molar-refractivity contribution in [2.24, 2.45) is 0 Å². The zero-order chi connectivity index (χ0) is 15.8. The Bertz CT molecular complexity index is 891. The number of hydrogen-bond donors (Lipinski definition) is 1. The molecule has 4 heterocycles. The van der Waals surface area contributed by atoms with Gasteiger partial charge in [0.2, 0.25) is 0 Å². The van der Waals surface area contributed by atoms with E-state index in [0.29, 0.717) is 17.1 Å². The molecule has 0 radical (unpaired) electrons. The van der Waals surface area contributed by atoms with Crippen LogP contribution in [0.15, 0.2) is 31.1 Å². The van der Waals surface area contributed by atoms with E-state index in [4.69, 9.17) is 5.73 Å². The summed E-state index contributed by atoms with van der Waals surface area (Å²) in [5.74, 6) is 1.64. The summed E-state index contributed by atoms with van der Waals surface area (Å²) in [6.07, 6.45) is 7.63. The Hall–Kier alpha value is -2.92. The molecule has 0 amide bonds. The summed E-state index contributed by atoms with van der Waals surface area (Å²) in [4.78, 5) is 16.0. The van der Waals surface area contributed by atoms with Crippen LogP contribution in [0.25, 0.3) is 5.82 Å². The third kappa shape index (κ3) is 2.31. The Kier molecular flexibility index (Phi) is 3.20. The lowest BCUT2D eigenvalue weighted by Crippen LogP contribution is -2.30. The second kappa shape index (κ2) is 5.37. The van der Waals surface area contributed by atoms with Crippen LogP contribution >= 0.6 is 11.3 Å². The lowest BCUT2D eigenvalue weighted by molar-refractivity contribution is 0.729. The van der Waals surface area contributed by atoms with Crippen molar-refractivity contribution >= 4 is 22.2 Å². The molecule has 0 saturated carbocycles. The van der Waals surface area contributed by atoms with Gasteiger partial charge in [-0.25, -0.2) is 15.0 Å². The van der Waals surface area contributed by atoms with E-state index in [2.05, 4.69) is 25.9 Å². The average Bonchev–Trinajstić information content (AvgIpc) is 3.21. The van der Waals surface area contributed by atoms with E-state index < -0.39 is 0 Å². The topological polar surface area (TPSA) is 96.7 Å². The summed E-state index contributed by atoms with van der Waals surface area (Å²) in [6, 6.07) is 4.16. The van der Waals surface area contributed by atoms with Gasteiger partial charge in [0.1, 0.15) is 35.4 Å². The summed E-state index contributed by atoms with van der Waals surface area (Å²) in [7, 11) is 0. The van der Waals surface area contributed by atoms with Crippen LogP contribution in [-0.2, 0) is 13.0 Å². The fourth-order valence-electron chi connectivity index (χ4n) is 2.79. The van der Waals surface area contributed by atoms with E-state index in [1.807, 2.05) is 16.8 Å². The van der Waals surface area contributed by atoms with Crippen LogP contribution in [0, 0.1) is 11.3 Å². The van der Waals surface area contributed by atoms with Crippen LogP contribution < -0.4 is 10.6 Å². The van der Waals surface area contributed by atoms with Gasteiger partial charge in [0, 0.05) is 29.9 Å². The molecule has 0 atom stereocenters. The van der Waals surface area contributed by atoms with Gasteiger partial charge in [0.25, 0.3) is 0 Å². The highest BCUT2D eigenvalue weighted by atomic mass is 32.1. The summed E-state index contributed by atoms with van der Waals surface area (Å²) >= 11 is 1.50. The van der Waals surface area contributed by atoms with E-state index in [-0.39, 0.29) is 0 Å². The summed E-state index contributed by atoms with van der Waals surface area (Å²) < 4.78 is 1.84. The van der Waals surface area contributed by atoms with Crippen molar-refractivity contribution in [3.63, 3.8) is 0 Å². The van der Waals surface area contributed by atoms with Crippen molar-refractivity contribution in [2.45, 2.75) is 13.0 Å². The molecule has 1 aliphatic heterocycles. The smallest absolute Gasteiger partial charge is 0.143 e. The molecule has 1 aliphatic rings. The maximum atomic E-state index is 9.22. The fraction of sp³-hybridized carbons (Fsp3) is 0.200. The Morgan fingerprint density at radius 3 is 2.96 bits per heavy atom. The molecule has 0 spiro atoms. The Labute approximate surface area is 136 Å². The van der Waals surface area contributed by atoms with Crippen LogP contribution in [0.2, 0.25) is 0 Å². The highest BCUT2D eigenvalue weighted by Crippen LogP contribution is 2.35. The zero-order valence-corrected chi connectivity index (χ0v) is 13.0. The quantitative estimate of drug-likeness (QED) is 0.771. The van der Waals surface area contributed by atoms with Gasteiger partial charge in [-0.2, -0.15) is 5.26 Å². The van der Waals surface area contributed by atoms with Gasteiger partial charge in [-0.15, -0.1) is 11.3 Å². The number of hydrogen-bond acceptors (Lipinski definition) is 7. The second-order valence-corrected chi connectivity index (χ2v) is 6.37. The summed E-state index contributed by atoms with van der Waals surface area (Å²) in [6.45, 7) is 1.52. The van der Waals surface area contributed by atoms with Crippen molar-refractivity contribution in [3.05, 3.63) is 47.1 Å². The van der Waals surface area contributed by atoms with Gasteiger partial charge in [0.15, 0.2) is 0 Å². The molecule has 7 nitrogen and oxygen atoms in total. The first-order valence-electron chi connectivity index (χ1n) is 7.11. The standard InChI is InChI=1S/C15H13N7S/c16-6-11-10-1-3-21(7-12(10)23-15(11)17)13-5-14(20-8-19-13)22-4-2-18-9-22/h2,4-5,8-9H,1,3,7,17H2. The number of aromatic nitrogens is 4. The van der Waals surface area contributed by atoms with E-state index in [0.717, 1.165) is 35.0 Å². The van der Waals surface area contributed by atoms with Gasteiger partial charge >= 0.3 is 0 Å². The molecule has 0 saturated heterocycles. The third-order valence-corrected chi connectivity index (χ3v) is 4.97. The highest BCUT2D eigenvalue weighted by Gasteiger charge is 2.24. The minimum absolute atomic E-state index is 0.612. The number of fused-ring (bicyclic) bond motifs is 1. The van der Waals surface area contributed by atoms with Crippen LogP contribution in [0.5, 0.6) is 0 Å². The van der Waals surface area contributed by atoms with Gasteiger partial charge in [-0.05, 0) is 12.0 Å². The number of nitriles is 1. The number of imidazole rings is 1. The zero-order valence-electron chi connectivity index (χ0n) is 12.2. The Morgan fingerprint density at radius 2 is 2.17 bits per heavy atom. The van der Waals surface area contributed by atoms with E-state index in [9.17, 15) is 5.26 Å². The first kappa shape index (κ1) is 13.7. The number of nitrogen functional groups attached to an aromatic ring is 1. The largest absolute Gasteiger partial charge is 0.389 e. The monoisotopic (exact) mass is 323 g/mol. The molecular formula is C15H13N7S. The first-order chi connectivity index (χ1) is 11.3. The molecule has 3 aromatic heterocycles. The van der Waals surface area contributed by atoms with Crippen molar-refractivity contribution in [3.8, 4) is 11.9 Å². The van der Waals surface area contributed by atoms with E-state index in [1.54, 1.807) is 18.9 Å². The number of anilines is 2. The molecule has 0 bridgehead atoms. The predicted molar refractivity (Wildman–Crippen MR) is 87.4 cm³/mol. The SMILES string of the molecule is N#Cc1c(N)sc2c1CCN(c1cc(-n3ccnc3)ncn1)C2. The molecular weight excluding hydrogens is 310 g/mol. The van der Waals surface area contributed by atoms with Crippen LogP contribution in [0.3, 0.4) is 0 Å². The average molecular weight is 323 g/mol. The Morgan fingerprint density at radius 1 is 1.30 bits per heavy atom. The molecule has 2 N–H and O–H groups in total. The summed E-state index contributed by atoms with van der Waals surface area (Å²) in [5, 5.41) is 9.83. The lowest BCUT2D eigenvalue weighted by atomic mass is 10.0. The van der Waals surface area contributed by atoms with Crippen molar-refractivity contribution in [1.82, 2.24) is 19.5 Å². The molecule has 114 valence electrons. The number of nitrogens with zero attached hydrogens (tertiary/aromatic N) is 6. The first-order valence-corrected chi connectivity index (χ1v) is 7.93. The lowest BCUT2D eigenvalue weighted by Gasteiger charge is -2.28. The molecule has 0 aliphatic carbocycles. The fourth-order valence-corrected chi connectivity index (χ4v) is 3.87. The van der Waals surface area contributed by atoms with Crippen LogP contribution in [-0.4, -0.2) is 26.1 Å². The molecule has 4 rings (SSSR count). The van der Waals surface area contributed by atoms with Crippen molar-refractivity contribution in [1.29, 1.82) is 5.26 Å². The van der Waals surface area contributed by atoms with E-state index in [1.165, 1.54) is 11.3 Å². The van der Waals surface area contributed by atoms with Crippen molar-refractivity contribution in [2.75, 3.05) is 17.2 Å². The summed E-state index contributed by atoms with van der Waals surface area (Å²) in [5.41, 5.74) is 7.68. The highest BCUT2D eigenvalue weighted by molar-refractivity contribution is 7.16. The minimum Gasteiger partial charge on any atom is -0.389 e. The number of rotatable bonds is 2. The predicted octanol–water partition coefficient (Wildman–Crippen LogP) is 1.74. The molecule has 23 heavy (non-hydrogen) atoms. The molecule has 8 heteroatoms. The van der Waals surface area contributed by atoms with Crippen LogP contribution in [0.4, 0.5) is 10.8 Å². The van der Waals surface area contributed by atoms with Gasteiger partial charge < -0.3 is 10.6 Å².